The first-order valence-corrected chi connectivity index (χ1v) is 8.32. The van der Waals surface area contributed by atoms with Crippen LogP contribution in [0.15, 0.2) is 53.5 Å². The van der Waals surface area contributed by atoms with E-state index < -0.39 is 0 Å². The zero-order chi connectivity index (χ0) is 16.2. The lowest BCUT2D eigenvalue weighted by Crippen LogP contribution is -2.16. The van der Waals surface area contributed by atoms with Crippen LogP contribution in [-0.2, 0) is 17.8 Å². The topological polar surface area (TPSA) is 43.6 Å². The van der Waals surface area contributed by atoms with Gasteiger partial charge >= 0.3 is 0 Å². The summed E-state index contributed by atoms with van der Waals surface area (Å²) in [6.45, 7) is 2.77. The van der Waals surface area contributed by atoms with Gasteiger partial charge in [0.25, 0.3) is 5.91 Å². The fourth-order valence-electron chi connectivity index (χ4n) is 2.56. The van der Waals surface area contributed by atoms with Crippen LogP contribution in [0.5, 0.6) is 5.75 Å². The first-order valence-electron chi connectivity index (χ1n) is 7.50. The molecule has 0 fully saturated rings. The Bertz CT molecular complexity index is 894. The first kappa shape index (κ1) is 15.5. The minimum atomic E-state index is -0.135. The lowest BCUT2D eigenvalue weighted by atomic mass is 10.1. The molecule has 0 N–H and O–H groups in total. The van der Waals surface area contributed by atoms with E-state index in [4.69, 9.17) is 4.74 Å². The third-order valence-corrected chi connectivity index (χ3v) is 4.66. The van der Waals surface area contributed by atoms with Gasteiger partial charge in [-0.25, -0.2) is 0 Å². The van der Waals surface area contributed by atoms with Crippen molar-refractivity contribution in [2.45, 2.75) is 19.9 Å². The molecule has 0 saturated carbocycles. The van der Waals surface area contributed by atoms with Crippen molar-refractivity contribution in [1.29, 1.82) is 0 Å². The number of hydrogen-bond acceptors (Lipinski definition) is 3. The highest BCUT2D eigenvalue weighted by Crippen LogP contribution is 2.27. The molecule has 5 heteroatoms. The number of ether oxygens (including phenoxy) is 1. The van der Waals surface area contributed by atoms with Gasteiger partial charge in [0.2, 0.25) is 0 Å². The molecular formula is C18H18N2O2S. The summed E-state index contributed by atoms with van der Waals surface area (Å²) in [7, 11) is 1.66. The SMILES string of the molecule is CCn1c(=NC(=O)Cc2ccccc2)sc2cccc(OC)c21. The summed E-state index contributed by atoms with van der Waals surface area (Å²) in [5, 5.41) is 0. The molecule has 0 aliphatic carbocycles. The summed E-state index contributed by atoms with van der Waals surface area (Å²) in [6.07, 6.45) is 0.315. The number of carbonyl (C=O) groups excluding carboxylic acids is 1. The fourth-order valence-corrected chi connectivity index (χ4v) is 3.69. The summed E-state index contributed by atoms with van der Waals surface area (Å²) in [4.78, 5) is 17.3. The van der Waals surface area contributed by atoms with E-state index in [-0.39, 0.29) is 5.91 Å². The Morgan fingerprint density at radius 2 is 1.96 bits per heavy atom. The zero-order valence-electron chi connectivity index (χ0n) is 13.2. The van der Waals surface area contributed by atoms with Gasteiger partial charge in [-0.2, -0.15) is 4.99 Å². The normalized spacial score (nSPS) is 11.8. The molecule has 4 nitrogen and oxygen atoms in total. The number of fused-ring (bicyclic) bond motifs is 1. The van der Waals surface area contributed by atoms with Gasteiger partial charge in [-0.1, -0.05) is 47.7 Å². The summed E-state index contributed by atoms with van der Waals surface area (Å²) in [5.74, 6) is 0.668. The number of carbonyl (C=O) groups is 1. The van der Waals surface area contributed by atoms with Crippen LogP contribution in [0.4, 0.5) is 0 Å². The predicted molar refractivity (Wildman–Crippen MR) is 92.8 cm³/mol. The monoisotopic (exact) mass is 326 g/mol. The number of benzene rings is 2. The van der Waals surface area contributed by atoms with Crippen LogP contribution < -0.4 is 9.54 Å². The molecular weight excluding hydrogens is 308 g/mol. The quantitative estimate of drug-likeness (QED) is 0.737. The van der Waals surface area contributed by atoms with Crippen molar-refractivity contribution in [3.05, 3.63) is 58.9 Å². The van der Waals surface area contributed by atoms with Gasteiger partial charge in [-0.15, -0.1) is 0 Å². The van der Waals surface area contributed by atoms with E-state index in [1.807, 2.05) is 60.0 Å². The number of methoxy groups -OCH3 is 1. The Morgan fingerprint density at radius 3 is 2.65 bits per heavy atom. The minimum Gasteiger partial charge on any atom is -0.495 e. The van der Waals surface area contributed by atoms with Crippen molar-refractivity contribution >= 4 is 27.5 Å². The van der Waals surface area contributed by atoms with Gasteiger partial charge < -0.3 is 9.30 Å². The second-order valence-corrected chi connectivity index (χ2v) is 6.11. The number of nitrogens with zero attached hydrogens (tertiary/aromatic N) is 2. The Labute approximate surface area is 138 Å². The van der Waals surface area contributed by atoms with Crippen LogP contribution in [0.1, 0.15) is 12.5 Å². The van der Waals surface area contributed by atoms with E-state index in [2.05, 4.69) is 4.99 Å². The van der Waals surface area contributed by atoms with Crippen molar-refractivity contribution in [2.75, 3.05) is 7.11 Å². The van der Waals surface area contributed by atoms with E-state index in [0.29, 0.717) is 11.2 Å². The van der Waals surface area contributed by atoms with Crippen LogP contribution in [-0.4, -0.2) is 17.6 Å². The average molecular weight is 326 g/mol. The highest BCUT2D eigenvalue weighted by Gasteiger charge is 2.11. The van der Waals surface area contributed by atoms with E-state index in [1.54, 1.807) is 7.11 Å². The van der Waals surface area contributed by atoms with E-state index in [0.717, 1.165) is 28.1 Å². The van der Waals surface area contributed by atoms with Gasteiger partial charge in [0.05, 0.1) is 18.2 Å². The fraction of sp³-hybridized carbons (Fsp3) is 0.222. The number of aryl methyl sites for hydroxylation is 1. The highest BCUT2D eigenvalue weighted by atomic mass is 32.1. The largest absolute Gasteiger partial charge is 0.495 e. The molecule has 0 radical (unpaired) electrons. The smallest absolute Gasteiger partial charge is 0.252 e. The van der Waals surface area contributed by atoms with Crippen LogP contribution >= 0.6 is 11.3 Å². The molecule has 0 spiro atoms. The molecule has 0 saturated heterocycles. The van der Waals surface area contributed by atoms with Gasteiger partial charge in [0, 0.05) is 6.54 Å². The maximum Gasteiger partial charge on any atom is 0.252 e. The first-order chi connectivity index (χ1) is 11.2. The molecule has 0 unspecified atom stereocenters. The molecule has 0 bridgehead atoms. The summed E-state index contributed by atoms with van der Waals surface area (Å²) in [5.41, 5.74) is 1.97. The number of rotatable bonds is 4. The maximum atomic E-state index is 12.3. The summed E-state index contributed by atoms with van der Waals surface area (Å²) < 4.78 is 8.54. The van der Waals surface area contributed by atoms with Crippen LogP contribution in [0.2, 0.25) is 0 Å². The van der Waals surface area contributed by atoms with E-state index in [9.17, 15) is 4.79 Å². The molecule has 3 aromatic rings. The van der Waals surface area contributed by atoms with Crippen LogP contribution in [0.25, 0.3) is 10.2 Å². The molecule has 1 heterocycles. The molecule has 1 amide bonds. The van der Waals surface area contributed by atoms with Crippen molar-refractivity contribution < 1.29 is 9.53 Å². The molecule has 23 heavy (non-hydrogen) atoms. The molecule has 118 valence electrons. The van der Waals surface area contributed by atoms with E-state index >= 15 is 0 Å². The van der Waals surface area contributed by atoms with E-state index in [1.165, 1.54) is 11.3 Å². The Kier molecular flexibility index (Phi) is 4.57. The van der Waals surface area contributed by atoms with Crippen LogP contribution in [0, 0.1) is 0 Å². The van der Waals surface area contributed by atoms with Gasteiger partial charge in [0.1, 0.15) is 11.3 Å². The van der Waals surface area contributed by atoms with Crippen molar-refractivity contribution in [3.63, 3.8) is 0 Å². The number of hydrogen-bond donors (Lipinski definition) is 0. The standard InChI is InChI=1S/C18H18N2O2S/c1-3-20-17-14(22-2)10-7-11-15(17)23-18(20)19-16(21)12-13-8-5-4-6-9-13/h4-11H,3,12H2,1-2H3. The Hall–Kier alpha value is -2.40. The van der Waals surface area contributed by atoms with Gasteiger partial charge in [0.15, 0.2) is 4.80 Å². The van der Waals surface area contributed by atoms with Gasteiger partial charge in [-0.3, -0.25) is 4.79 Å². The van der Waals surface area contributed by atoms with Gasteiger partial charge in [-0.05, 0) is 24.6 Å². The second kappa shape index (κ2) is 6.79. The summed E-state index contributed by atoms with van der Waals surface area (Å²) >= 11 is 1.51. The summed E-state index contributed by atoms with van der Waals surface area (Å²) in [6, 6.07) is 15.6. The molecule has 0 aliphatic heterocycles. The average Bonchev–Trinajstić information content (AvgIpc) is 2.92. The maximum absolute atomic E-state index is 12.3. The Balaban J connectivity index is 2.03. The van der Waals surface area contributed by atoms with Crippen molar-refractivity contribution in [3.8, 4) is 5.75 Å². The minimum absolute atomic E-state index is 0.135. The van der Waals surface area contributed by atoms with Crippen molar-refractivity contribution in [2.24, 2.45) is 4.99 Å². The van der Waals surface area contributed by atoms with Crippen molar-refractivity contribution in [1.82, 2.24) is 4.57 Å². The zero-order valence-corrected chi connectivity index (χ0v) is 14.0. The number of thiazole rings is 1. The number of amides is 1. The molecule has 0 aliphatic rings. The predicted octanol–water partition coefficient (Wildman–Crippen LogP) is 3.40. The third kappa shape index (κ3) is 3.19. The Morgan fingerprint density at radius 1 is 1.17 bits per heavy atom. The highest BCUT2D eigenvalue weighted by molar-refractivity contribution is 7.16. The number of aromatic nitrogens is 1. The lowest BCUT2D eigenvalue weighted by Gasteiger charge is -2.05. The molecule has 2 aromatic carbocycles. The third-order valence-electron chi connectivity index (χ3n) is 3.62. The number of para-hydroxylation sites is 1. The molecule has 0 atom stereocenters. The van der Waals surface area contributed by atoms with Crippen LogP contribution in [0.3, 0.4) is 0 Å². The molecule has 3 rings (SSSR count). The lowest BCUT2D eigenvalue weighted by molar-refractivity contribution is -0.117. The second-order valence-electron chi connectivity index (χ2n) is 5.10. The molecule has 1 aromatic heterocycles.